The van der Waals surface area contributed by atoms with Crippen molar-refractivity contribution in [2.75, 3.05) is 12.9 Å². The smallest absolute Gasteiger partial charge is 0.247 e. The van der Waals surface area contributed by atoms with Crippen molar-refractivity contribution in [1.29, 1.82) is 0 Å². The molecule has 0 bridgehead atoms. The molecule has 2 amide bonds. The van der Waals surface area contributed by atoms with Crippen molar-refractivity contribution >= 4 is 27.9 Å². The molecule has 0 saturated carbocycles. The molecular weight excluding hydrogens is 446 g/mol. The van der Waals surface area contributed by atoms with Gasteiger partial charge in [-0.1, -0.05) is 56.3 Å². The highest BCUT2D eigenvalue weighted by molar-refractivity contribution is 7.88. The summed E-state index contributed by atoms with van der Waals surface area (Å²) in [6, 6.07) is 9.60. The largest absolute Gasteiger partial charge is 0.350 e. The minimum atomic E-state index is -3.64. The van der Waals surface area contributed by atoms with Gasteiger partial charge in [-0.15, -0.1) is 4.83 Å². The molecular formula is C23H35N3O6S. The highest BCUT2D eigenvalue weighted by atomic mass is 32.2. The average Bonchev–Trinajstić information content (AvgIpc) is 2.78. The van der Waals surface area contributed by atoms with Crippen molar-refractivity contribution in [3.8, 4) is 0 Å². The lowest BCUT2D eigenvalue weighted by molar-refractivity contribution is -0.203. The zero-order chi connectivity index (χ0) is 24.3. The number of ether oxygens (including phenoxy) is 1. The molecule has 2 rings (SSSR count). The highest BCUT2D eigenvalue weighted by Gasteiger charge is 2.34. The number of carbonyl (C=O) groups excluding carboxylic acids is 2. The first-order chi connectivity index (χ1) is 15.7. The van der Waals surface area contributed by atoms with Crippen LogP contribution in [0.3, 0.4) is 0 Å². The van der Waals surface area contributed by atoms with Gasteiger partial charge in [0.05, 0.1) is 18.1 Å². The lowest BCUT2D eigenvalue weighted by Crippen LogP contribution is -2.49. The normalized spacial score (nSPS) is 18.7. The van der Waals surface area contributed by atoms with Crippen LogP contribution in [0.5, 0.6) is 0 Å². The fourth-order valence-corrected chi connectivity index (χ4v) is 3.86. The summed E-state index contributed by atoms with van der Waals surface area (Å²) in [6.07, 6.45) is 7.35. The number of allylic oxidation sites excluding steroid dienone is 1. The van der Waals surface area contributed by atoms with Crippen molar-refractivity contribution in [3.63, 3.8) is 0 Å². The van der Waals surface area contributed by atoms with Gasteiger partial charge in [0.1, 0.15) is 0 Å². The summed E-state index contributed by atoms with van der Waals surface area (Å²) >= 11 is 0. The molecule has 0 aromatic heterocycles. The first kappa shape index (κ1) is 27.0. The van der Waals surface area contributed by atoms with E-state index in [2.05, 4.69) is 10.9 Å². The van der Waals surface area contributed by atoms with E-state index in [0.29, 0.717) is 19.4 Å². The van der Waals surface area contributed by atoms with Gasteiger partial charge in [0.2, 0.25) is 21.8 Å². The fourth-order valence-electron chi connectivity index (χ4n) is 3.57. The highest BCUT2D eigenvalue weighted by Crippen LogP contribution is 2.26. The molecule has 0 spiro atoms. The minimum Gasteiger partial charge on any atom is -0.350 e. The Bertz CT molecular complexity index is 883. The predicted molar refractivity (Wildman–Crippen MR) is 125 cm³/mol. The third-order valence-electron chi connectivity index (χ3n) is 5.17. The van der Waals surface area contributed by atoms with Gasteiger partial charge >= 0.3 is 0 Å². The van der Waals surface area contributed by atoms with E-state index in [9.17, 15) is 18.0 Å². The van der Waals surface area contributed by atoms with Crippen LogP contribution in [0.25, 0.3) is 6.08 Å². The number of sulfonamides is 1. The number of hydrazine groups is 1. The quantitative estimate of drug-likeness (QED) is 0.394. The van der Waals surface area contributed by atoms with Crippen LogP contribution in [0, 0.1) is 17.8 Å². The molecule has 1 aromatic carbocycles. The third kappa shape index (κ3) is 10.5. The van der Waals surface area contributed by atoms with Crippen molar-refractivity contribution < 1.29 is 27.6 Å². The molecule has 3 N–H and O–H groups in total. The molecule has 0 aliphatic carbocycles. The Kier molecular flexibility index (Phi) is 11.0. The Hall–Kier alpha value is -2.27. The summed E-state index contributed by atoms with van der Waals surface area (Å²) in [7, 11) is -3.64. The molecule has 1 fully saturated rings. The van der Waals surface area contributed by atoms with E-state index in [1.54, 1.807) is 0 Å². The Balaban J connectivity index is 2.17. The number of carbonyl (C=O) groups is 2. The van der Waals surface area contributed by atoms with Crippen molar-refractivity contribution in [1.82, 2.24) is 15.7 Å². The summed E-state index contributed by atoms with van der Waals surface area (Å²) in [5.74, 6) is -2.50. The first-order valence-corrected chi connectivity index (χ1v) is 13.1. The average molecular weight is 482 g/mol. The maximum absolute atomic E-state index is 13.1. The number of benzene rings is 1. The maximum atomic E-state index is 13.1. The number of hydrogen-bond donors (Lipinski definition) is 3. The van der Waals surface area contributed by atoms with E-state index in [4.69, 9.17) is 9.57 Å². The van der Waals surface area contributed by atoms with Crippen molar-refractivity contribution in [2.24, 2.45) is 17.8 Å². The molecule has 10 heteroatoms. The second-order valence-corrected chi connectivity index (χ2v) is 10.4. The van der Waals surface area contributed by atoms with E-state index in [0.717, 1.165) is 24.7 Å². The van der Waals surface area contributed by atoms with Gasteiger partial charge in [-0.2, -0.15) is 0 Å². The van der Waals surface area contributed by atoms with Crippen LogP contribution in [0.1, 0.15) is 51.5 Å². The van der Waals surface area contributed by atoms with Gasteiger partial charge in [-0.3, -0.25) is 15.0 Å². The molecule has 1 aliphatic heterocycles. The van der Waals surface area contributed by atoms with Crippen LogP contribution in [0.4, 0.5) is 0 Å². The summed E-state index contributed by atoms with van der Waals surface area (Å²) in [4.78, 5) is 33.5. The van der Waals surface area contributed by atoms with Gasteiger partial charge in [0, 0.05) is 13.0 Å². The summed E-state index contributed by atoms with van der Waals surface area (Å²) in [5, 5.41) is 0. The third-order valence-corrected chi connectivity index (χ3v) is 5.65. The molecule has 33 heavy (non-hydrogen) atoms. The van der Waals surface area contributed by atoms with Crippen molar-refractivity contribution in [3.05, 3.63) is 42.0 Å². The summed E-state index contributed by atoms with van der Waals surface area (Å²) < 4.78 is 28.4. The van der Waals surface area contributed by atoms with Crippen LogP contribution in [-0.4, -0.2) is 39.4 Å². The van der Waals surface area contributed by atoms with E-state index < -0.39 is 40.0 Å². The lowest BCUT2D eigenvalue weighted by Gasteiger charge is -2.27. The molecule has 1 aromatic rings. The Morgan fingerprint density at radius 1 is 1.15 bits per heavy atom. The maximum Gasteiger partial charge on any atom is 0.247 e. The van der Waals surface area contributed by atoms with Crippen LogP contribution in [0.2, 0.25) is 0 Å². The number of hydrogen-bond acceptors (Lipinski definition) is 6. The monoisotopic (exact) mass is 481 g/mol. The molecule has 0 radical (unpaired) electrons. The predicted octanol–water partition coefficient (Wildman–Crippen LogP) is 2.52. The number of nitrogens with one attached hydrogen (secondary N) is 3. The van der Waals surface area contributed by atoms with Crippen LogP contribution >= 0.6 is 0 Å². The minimum absolute atomic E-state index is 0.0926. The summed E-state index contributed by atoms with van der Waals surface area (Å²) in [5.41, 5.74) is 5.66. The molecule has 2 unspecified atom stereocenters. The Labute approximate surface area is 196 Å². The van der Waals surface area contributed by atoms with Gasteiger partial charge in [-0.25, -0.2) is 18.7 Å². The summed E-state index contributed by atoms with van der Waals surface area (Å²) in [6.45, 7) is 4.44. The first-order valence-electron chi connectivity index (χ1n) is 11.2. The number of rotatable bonds is 12. The van der Waals surface area contributed by atoms with Crippen LogP contribution < -0.4 is 15.7 Å². The molecule has 9 nitrogen and oxygen atoms in total. The van der Waals surface area contributed by atoms with Crippen molar-refractivity contribution in [2.45, 2.75) is 52.2 Å². The van der Waals surface area contributed by atoms with Crippen LogP contribution in [0.15, 0.2) is 36.4 Å². The molecule has 1 saturated heterocycles. The van der Waals surface area contributed by atoms with E-state index >= 15 is 0 Å². The Morgan fingerprint density at radius 3 is 2.48 bits per heavy atom. The molecule has 3 atom stereocenters. The van der Waals surface area contributed by atoms with Gasteiger partial charge in [0.25, 0.3) is 0 Å². The second-order valence-electron chi connectivity index (χ2n) is 8.64. The van der Waals surface area contributed by atoms with E-state index in [-0.39, 0.29) is 12.3 Å². The van der Waals surface area contributed by atoms with E-state index in [1.807, 2.05) is 61.2 Å². The molecule has 184 valence electrons. The number of hydroxylamine groups is 1. The second kappa shape index (κ2) is 13.4. The zero-order valence-corrected chi connectivity index (χ0v) is 20.3. The topological polar surface area (TPSA) is 123 Å². The van der Waals surface area contributed by atoms with Gasteiger partial charge < -0.3 is 4.74 Å². The molecule has 1 heterocycles. The SMILES string of the molecule is CC(C)CC(C(=O)NNS(C)(=O)=O)[C@H](CC=Cc1ccccc1)C(=O)NOC1CCCCO1. The fraction of sp³-hybridized carbons (Fsp3) is 0.565. The standard InChI is InChI=1S/C23H35N3O6S/c1-17(2)16-20(22(27)24-26-33(3,29)30)19(13-9-12-18-10-5-4-6-11-18)23(28)25-32-21-14-7-8-15-31-21/h4-6,9-12,17,19-21,26H,7-8,13-16H2,1-3H3,(H,24,27)(H,25,28)/t19-,20?,21?/m0/s1. The number of amides is 2. The molecule has 1 aliphatic rings. The zero-order valence-electron chi connectivity index (χ0n) is 19.5. The lowest BCUT2D eigenvalue weighted by atomic mass is 9.82. The van der Waals surface area contributed by atoms with E-state index in [1.165, 1.54) is 0 Å². The van der Waals surface area contributed by atoms with Gasteiger partial charge in [-0.05, 0) is 37.2 Å². The van der Waals surface area contributed by atoms with Gasteiger partial charge in [0.15, 0.2) is 6.29 Å². The van der Waals surface area contributed by atoms with Crippen LogP contribution in [-0.2, 0) is 29.2 Å². The Morgan fingerprint density at radius 2 is 1.88 bits per heavy atom.